The molecule has 4 aromatic rings. The van der Waals surface area contributed by atoms with Gasteiger partial charge in [-0.05, 0) is 47.5 Å². The molecule has 3 heterocycles. The van der Waals surface area contributed by atoms with Crippen LogP contribution < -0.4 is 4.74 Å². The summed E-state index contributed by atoms with van der Waals surface area (Å²) in [6, 6.07) is 14.2. The second kappa shape index (κ2) is 9.43. The molecule has 10 heteroatoms. The lowest BCUT2D eigenvalue weighted by Crippen LogP contribution is -2.31. The topological polar surface area (TPSA) is 97.6 Å². The molecule has 0 saturated carbocycles. The number of carbonyl (C=O) groups is 2. The van der Waals surface area contributed by atoms with E-state index in [4.69, 9.17) is 21.4 Å². The Balaban J connectivity index is 1.52. The van der Waals surface area contributed by atoms with Crippen LogP contribution in [-0.4, -0.2) is 36.6 Å². The highest BCUT2D eigenvalue weighted by Gasteiger charge is 2.31. The predicted molar refractivity (Wildman–Crippen MR) is 129 cm³/mol. The molecule has 1 N–H and O–H groups in total. The van der Waals surface area contributed by atoms with Crippen LogP contribution in [0.5, 0.6) is 5.75 Å². The van der Waals surface area contributed by atoms with Crippen molar-refractivity contribution in [1.82, 2.24) is 19.7 Å². The van der Waals surface area contributed by atoms with Crippen molar-refractivity contribution < 1.29 is 23.8 Å². The molecule has 0 aliphatic carbocycles. The van der Waals surface area contributed by atoms with E-state index in [1.54, 1.807) is 48.1 Å². The molecule has 182 valence electrons. The SMILES string of the molecule is Cn1nc(C(=O)N(Cc2ccc(C(=O)O)nc2)Cc2cccc(F)c2)c2c1-c1cc(Cl)ccc1OC2. The van der Waals surface area contributed by atoms with E-state index in [-0.39, 0.29) is 37.0 Å². The Hall–Kier alpha value is -4.24. The fourth-order valence-corrected chi connectivity index (χ4v) is 4.42. The second-order valence-electron chi connectivity index (χ2n) is 8.38. The maximum Gasteiger partial charge on any atom is 0.354 e. The van der Waals surface area contributed by atoms with Crippen molar-refractivity contribution in [2.45, 2.75) is 19.7 Å². The number of halogens is 2. The third-order valence-electron chi connectivity index (χ3n) is 5.88. The zero-order valence-electron chi connectivity index (χ0n) is 19.1. The van der Waals surface area contributed by atoms with Crippen molar-refractivity contribution in [1.29, 1.82) is 0 Å². The van der Waals surface area contributed by atoms with E-state index in [1.165, 1.54) is 29.3 Å². The van der Waals surface area contributed by atoms with Crippen LogP contribution in [0.2, 0.25) is 5.02 Å². The van der Waals surface area contributed by atoms with E-state index < -0.39 is 11.8 Å². The minimum absolute atomic E-state index is 0.102. The fourth-order valence-electron chi connectivity index (χ4n) is 4.25. The number of amides is 1. The molecule has 0 unspecified atom stereocenters. The van der Waals surface area contributed by atoms with E-state index in [9.17, 15) is 14.0 Å². The van der Waals surface area contributed by atoms with E-state index in [0.717, 1.165) is 11.3 Å². The number of aromatic carboxylic acids is 1. The van der Waals surface area contributed by atoms with Gasteiger partial charge >= 0.3 is 5.97 Å². The molecule has 1 aliphatic heterocycles. The molecule has 1 amide bonds. The van der Waals surface area contributed by atoms with Crippen LogP contribution in [0.25, 0.3) is 11.3 Å². The summed E-state index contributed by atoms with van der Waals surface area (Å²) in [5.41, 5.74) is 3.42. The first-order chi connectivity index (χ1) is 17.3. The van der Waals surface area contributed by atoms with Gasteiger partial charge in [0.15, 0.2) is 5.69 Å². The van der Waals surface area contributed by atoms with Gasteiger partial charge in [-0.2, -0.15) is 5.10 Å². The maximum absolute atomic E-state index is 13.9. The van der Waals surface area contributed by atoms with Crippen molar-refractivity contribution >= 4 is 23.5 Å². The predicted octanol–water partition coefficient (Wildman–Crippen LogP) is 4.71. The molecule has 36 heavy (non-hydrogen) atoms. The molecule has 0 saturated heterocycles. The number of rotatable bonds is 6. The summed E-state index contributed by atoms with van der Waals surface area (Å²) in [4.78, 5) is 30.5. The highest BCUT2D eigenvalue weighted by Crippen LogP contribution is 2.40. The maximum atomic E-state index is 13.9. The number of carboxylic acids is 1. The molecule has 2 aromatic carbocycles. The van der Waals surface area contributed by atoms with Crippen LogP contribution in [0.15, 0.2) is 60.8 Å². The lowest BCUT2D eigenvalue weighted by Gasteiger charge is -2.24. The molecular weight excluding hydrogens is 487 g/mol. The van der Waals surface area contributed by atoms with E-state index >= 15 is 0 Å². The van der Waals surface area contributed by atoms with Crippen molar-refractivity contribution in [2.24, 2.45) is 7.05 Å². The van der Waals surface area contributed by atoms with Crippen LogP contribution in [0.3, 0.4) is 0 Å². The first kappa shape index (κ1) is 23.5. The molecule has 0 bridgehead atoms. The third-order valence-corrected chi connectivity index (χ3v) is 6.12. The van der Waals surface area contributed by atoms with Gasteiger partial charge in [-0.1, -0.05) is 29.8 Å². The molecule has 1 aliphatic rings. The van der Waals surface area contributed by atoms with E-state index in [1.807, 2.05) is 0 Å². The molecule has 0 spiro atoms. The van der Waals surface area contributed by atoms with Crippen molar-refractivity contribution in [3.63, 3.8) is 0 Å². The number of ether oxygens (including phenoxy) is 1. The van der Waals surface area contributed by atoms with Gasteiger partial charge in [-0.25, -0.2) is 14.2 Å². The Morgan fingerprint density at radius 3 is 2.67 bits per heavy atom. The first-order valence-electron chi connectivity index (χ1n) is 11.0. The number of hydrogen-bond acceptors (Lipinski definition) is 5. The number of aromatic nitrogens is 3. The minimum Gasteiger partial charge on any atom is -0.488 e. The van der Waals surface area contributed by atoms with E-state index in [2.05, 4.69) is 10.1 Å². The normalized spacial score (nSPS) is 11.9. The molecular formula is C26H20ClFN4O4. The quantitative estimate of drug-likeness (QED) is 0.407. The lowest BCUT2D eigenvalue weighted by atomic mass is 10.0. The highest BCUT2D eigenvalue weighted by atomic mass is 35.5. The monoisotopic (exact) mass is 506 g/mol. The summed E-state index contributed by atoms with van der Waals surface area (Å²) >= 11 is 6.21. The Kier molecular flexibility index (Phi) is 6.15. The largest absolute Gasteiger partial charge is 0.488 e. The Bertz CT molecular complexity index is 1490. The standard InChI is InChI=1S/C26H20ClFN4O4/c1-31-24-19-10-17(27)6-8-22(19)36-14-20(24)23(30-31)25(33)32(12-15-3-2-4-18(28)9-15)13-16-5-7-21(26(34)35)29-11-16/h2-11H,12-14H2,1H3,(H,34,35). The number of carboxylic acid groups (broad SMARTS) is 1. The van der Waals surface area contributed by atoms with Crippen molar-refractivity contribution in [3.05, 3.63) is 99.7 Å². The highest BCUT2D eigenvalue weighted by molar-refractivity contribution is 6.31. The summed E-state index contributed by atoms with van der Waals surface area (Å²) in [5, 5.41) is 14.2. The van der Waals surface area contributed by atoms with E-state index in [0.29, 0.717) is 27.5 Å². The second-order valence-corrected chi connectivity index (χ2v) is 8.81. The summed E-state index contributed by atoms with van der Waals surface area (Å²) in [7, 11) is 1.75. The van der Waals surface area contributed by atoms with Gasteiger partial charge in [0.1, 0.15) is 23.9 Å². The first-order valence-corrected chi connectivity index (χ1v) is 11.4. The number of carbonyl (C=O) groups excluding carboxylic acids is 1. The summed E-state index contributed by atoms with van der Waals surface area (Å²) in [6.45, 7) is 0.365. The number of aryl methyl sites for hydroxylation is 1. The summed E-state index contributed by atoms with van der Waals surface area (Å²) in [6.07, 6.45) is 1.41. The lowest BCUT2D eigenvalue weighted by molar-refractivity contribution is 0.0686. The van der Waals surface area contributed by atoms with Gasteiger partial charge in [0.2, 0.25) is 0 Å². The minimum atomic E-state index is -1.14. The molecule has 0 atom stereocenters. The van der Waals surface area contributed by atoms with Gasteiger partial charge in [-0.15, -0.1) is 0 Å². The summed E-state index contributed by atoms with van der Waals surface area (Å²) < 4.78 is 21.4. The Morgan fingerprint density at radius 2 is 1.94 bits per heavy atom. The van der Waals surface area contributed by atoms with Crippen molar-refractivity contribution in [2.75, 3.05) is 0 Å². The van der Waals surface area contributed by atoms with Crippen LogP contribution >= 0.6 is 11.6 Å². The average Bonchev–Trinajstić information content (AvgIpc) is 3.20. The van der Waals surface area contributed by atoms with Crippen LogP contribution in [0.1, 0.15) is 37.7 Å². The molecule has 0 radical (unpaired) electrons. The zero-order chi connectivity index (χ0) is 25.4. The summed E-state index contributed by atoms with van der Waals surface area (Å²) in [5.74, 6) is -1.29. The molecule has 2 aromatic heterocycles. The molecule has 8 nitrogen and oxygen atoms in total. The van der Waals surface area contributed by atoms with Gasteiger partial charge in [0.25, 0.3) is 5.91 Å². The average molecular weight is 507 g/mol. The zero-order valence-corrected chi connectivity index (χ0v) is 19.9. The fraction of sp³-hybridized carbons (Fsp3) is 0.154. The van der Waals surface area contributed by atoms with Crippen LogP contribution in [0.4, 0.5) is 4.39 Å². The van der Waals surface area contributed by atoms with Crippen LogP contribution in [-0.2, 0) is 26.7 Å². The number of fused-ring (bicyclic) bond motifs is 3. The van der Waals surface area contributed by atoms with Crippen LogP contribution in [0, 0.1) is 5.82 Å². The van der Waals surface area contributed by atoms with Gasteiger partial charge in [-0.3, -0.25) is 9.48 Å². The number of nitrogens with zero attached hydrogens (tertiary/aromatic N) is 4. The number of benzene rings is 2. The smallest absolute Gasteiger partial charge is 0.354 e. The van der Waals surface area contributed by atoms with Gasteiger partial charge in [0, 0.05) is 42.5 Å². The number of hydrogen-bond donors (Lipinski definition) is 1. The van der Waals surface area contributed by atoms with Gasteiger partial charge in [0.05, 0.1) is 5.69 Å². The Labute approximate surface area is 210 Å². The number of pyridine rings is 1. The Morgan fingerprint density at radius 1 is 1.14 bits per heavy atom. The molecule has 5 rings (SSSR count). The van der Waals surface area contributed by atoms with Gasteiger partial charge < -0.3 is 14.7 Å². The third kappa shape index (κ3) is 4.52. The van der Waals surface area contributed by atoms with Crippen molar-refractivity contribution in [3.8, 4) is 17.0 Å². The molecule has 0 fully saturated rings.